The van der Waals surface area contributed by atoms with Crippen LogP contribution in [0.4, 0.5) is 0 Å². The van der Waals surface area contributed by atoms with E-state index in [1.807, 2.05) is 19.0 Å². The van der Waals surface area contributed by atoms with Crippen LogP contribution in [-0.4, -0.2) is 49.8 Å². The fourth-order valence-electron chi connectivity index (χ4n) is 1.71. The first kappa shape index (κ1) is 15.5. The number of para-hydroxylation sites is 1. The third kappa shape index (κ3) is 4.89. The molecule has 1 aromatic rings. The van der Waals surface area contributed by atoms with Crippen LogP contribution < -0.4 is 5.32 Å². The maximum Gasteiger partial charge on any atom is 0.327 e. The van der Waals surface area contributed by atoms with E-state index in [4.69, 9.17) is 4.74 Å². The summed E-state index contributed by atoms with van der Waals surface area (Å²) < 4.78 is 5.04. The molecule has 0 fully saturated rings. The molecule has 0 bridgehead atoms. The van der Waals surface area contributed by atoms with Crippen LogP contribution in [0.25, 0.3) is 0 Å². The average Bonchev–Trinajstić information content (AvgIpc) is 2.36. The highest BCUT2D eigenvalue weighted by Gasteiger charge is 2.23. The molecule has 0 aromatic heterocycles. The van der Waals surface area contributed by atoms with Gasteiger partial charge >= 0.3 is 5.97 Å². The molecule has 0 aliphatic heterocycles. The molecule has 106 valence electrons. The van der Waals surface area contributed by atoms with Crippen molar-refractivity contribution in [2.45, 2.75) is 13.0 Å². The number of ether oxygens (including phenoxy) is 1. The number of phenols is 1. The summed E-state index contributed by atoms with van der Waals surface area (Å²) in [6.45, 7) is 3.51. The van der Waals surface area contributed by atoms with E-state index < -0.39 is 6.04 Å². The molecule has 0 heterocycles. The summed E-state index contributed by atoms with van der Waals surface area (Å²) in [4.78, 5) is 14.0. The lowest BCUT2D eigenvalue weighted by Crippen LogP contribution is -2.35. The number of esters is 1. The van der Waals surface area contributed by atoms with Gasteiger partial charge in [-0.1, -0.05) is 18.2 Å². The Morgan fingerprint density at radius 1 is 1.42 bits per heavy atom. The Morgan fingerprint density at radius 2 is 2.11 bits per heavy atom. The predicted octanol–water partition coefficient (Wildman–Crippen LogP) is 1.15. The molecule has 0 aliphatic carbocycles. The van der Waals surface area contributed by atoms with Gasteiger partial charge in [0.2, 0.25) is 0 Å². The molecule has 0 spiro atoms. The molecule has 1 aromatic carbocycles. The van der Waals surface area contributed by atoms with E-state index in [2.05, 4.69) is 5.32 Å². The monoisotopic (exact) mass is 266 g/mol. The van der Waals surface area contributed by atoms with Gasteiger partial charge in [0.05, 0.1) is 6.61 Å². The lowest BCUT2D eigenvalue weighted by Gasteiger charge is -2.19. The number of benzene rings is 1. The van der Waals surface area contributed by atoms with Crippen LogP contribution in [0.1, 0.15) is 18.5 Å². The Labute approximate surface area is 114 Å². The average molecular weight is 266 g/mol. The summed E-state index contributed by atoms with van der Waals surface area (Å²) in [5.74, 6) is -0.277. The highest BCUT2D eigenvalue weighted by Crippen LogP contribution is 2.24. The lowest BCUT2D eigenvalue weighted by atomic mass is 10.1. The summed E-state index contributed by atoms with van der Waals surface area (Å²) >= 11 is 0. The lowest BCUT2D eigenvalue weighted by molar-refractivity contribution is -0.145. The van der Waals surface area contributed by atoms with E-state index in [1.165, 1.54) is 0 Å². The van der Waals surface area contributed by atoms with Crippen LogP contribution in [-0.2, 0) is 9.53 Å². The Hall–Kier alpha value is -1.59. The van der Waals surface area contributed by atoms with E-state index in [0.29, 0.717) is 18.7 Å². The van der Waals surface area contributed by atoms with Crippen molar-refractivity contribution in [2.24, 2.45) is 0 Å². The molecule has 2 N–H and O–H groups in total. The third-order valence-corrected chi connectivity index (χ3v) is 2.68. The molecule has 0 radical (unpaired) electrons. The molecular weight excluding hydrogens is 244 g/mol. The van der Waals surface area contributed by atoms with Crippen LogP contribution >= 0.6 is 0 Å². The van der Waals surface area contributed by atoms with E-state index in [9.17, 15) is 9.90 Å². The molecule has 1 unspecified atom stereocenters. The van der Waals surface area contributed by atoms with Crippen molar-refractivity contribution in [3.8, 4) is 5.75 Å². The van der Waals surface area contributed by atoms with Crippen molar-refractivity contribution in [3.05, 3.63) is 29.8 Å². The second-order valence-electron chi connectivity index (χ2n) is 4.50. The largest absolute Gasteiger partial charge is 0.508 e. The van der Waals surface area contributed by atoms with Crippen molar-refractivity contribution in [1.82, 2.24) is 10.2 Å². The maximum atomic E-state index is 12.0. The van der Waals surface area contributed by atoms with Gasteiger partial charge in [-0.2, -0.15) is 0 Å². The smallest absolute Gasteiger partial charge is 0.327 e. The Kier molecular flexibility index (Phi) is 6.32. The van der Waals surface area contributed by atoms with Gasteiger partial charge in [-0.05, 0) is 27.1 Å². The van der Waals surface area contributed by atoms with Crippen LogP contribution in [0.2, 0.25) is 0 Å². The second kappa shape index (κ2) is 7.76. The molecule has 1 atom stereocenters. The minimum absolute atomic E-state index is 0.0953. The van der Waals surface area contributed by atoms with Crippen LogP contribution in [0.5, 0.6) is 5.75 Å². The van der Waals surface area contributed by atoms with Gasteiger partial charge in [0.15, 0.2) is 0 Å². The summed E-state index contributed by atoms with van der Waals surface area (Å²) in [6.07, 6.45) is 0. The minimum Gasteiger partial charge on any atom is -0.508 e. The Balaban J connectivity index is 2.80. The van der Waals surface area contributed by atoms with Gasteiger partial charge in [-0.15, -0.1) is 0 Å². The first-order valence-electron chi connectivity index (χ1n) is 6.39. The normalized spacial score (nSPS) is 12.4. The number of hydrogen-bond acceptors (Lipinski definition) is 5. The van der Waals surface area contributed by atoms with E-state index in [0.717, 1.165) is 6.54 Å². The number of nitrogens with one attached hydrogen (secondary N) is 1. The quantitative estimate of drug-likeness (QED) is 0.725. The van der Waals surface area contributed by atoms with E-state index in [-0.39, 0.29) is 11.7 Å². The summed E-state index contributed by atoms with van der Waals surface area (Å²) in [5.41, 5.74) is 0.541. The number of phenolic OH excluding ortho intramolecular Hbond substituents is 1. The molecule has 0 amide bonds. The standard InChI is InChI=1S/C14H22N2O3/c1-4-19-14(18)13(15-9-10-16(2)3)11-7-5-6-8-12(11)17/h5-8,13,15,17H,4,9-10H2,1-3H3. The maximum absolute atomic E-state index is 12.0. The highest BCUT2D eigenvalue weighted by atomic mass is 16.5. The molecular formula is C14H22N2O3. The summed E-state index contributed by atoms with van der Waals surface area (Å²) in [5, 5.41) is 13.0. The fourth-order valence-corrected chi connectivity index (χ4v) is 1.71. The van der Waals surface area contributed by atoms with Crippen molar-refractivity contribution >= 4 is 5.97 Å². The molecule has 5 heteroatoms. The molecule has 1 rings (SSSR count). The van der Waals surface area contributed by atoms with E-state index in [1.54, 1.807) is 31.2 Å². The second-order valence-corrected chi connectivity index (χ2v) is 4.50. The van der Waals surface area contributed by atoms with Crippen molar-refractivity contribution in [1.29, 1.82) is 0 Å². The number of aromatic hydroxyl groups is 1. The van der Waals surface area contributed by atoms with Gasteiger partial charge < -0.3 is 14.7 Å². The topological polar surface area (TPSA) is 61.8 Å². The number of likely N-dealkylation sites (N-methyl/N-ethyl adjacent to an activating group) is 1. The van der Waals surface area contributed by atoms with E-state index >= 15 is 0 Å². The van der Waals surface area contributed by atoms with Gasteiger partial charge in [-0.3, -0.25) is 5.32 Å². The number of rotatable bonds is 7. The van der Waals surface area contributed by atoms with Gasteiger partial charge in [0, 0.05) is 18.7 Å². The Morgan fingerprint density at radius 3 is 2.68 bits per heavy atom. The SMILES string of the molecule is CCOC(=O)C(NCCN(C)C)c1ccccc1O. The predicted molar refractivity (Wildman–Crippen MR) is 74.0 cm³/mol. The molecule has 0 saturated carbocycles. The summed E-state index contributed by atoms with van der Waals surface area (Å²) in [7, 11) is 3.92. The van der Waals surface area contributed by atoms with Crippen LogP contribution in [0.3, 0.4) is 0 Å². The first-order chi connectivity index (χ1) is 9.06. The third-order valence-electron chi connectivity index (χ3n) is 2.68. The molecule has 19 heavy (non-hydrogen) atoms. The minimum atomic E-state index is -0.638. The van der Waals surface area contributed by atoms with Gasteiger partial charge in [0.25, 0.3) is 0 Å². The zero-order valence-corrected chi connectivity index (χ0v) is 11.7. The van der Waals surface area contributed by atoms with Gasteiger partial charge in [0.1, 0.15) is 11.8 Å². The van der Waals surface area contributed by atoms with Crippen LogP contribution in [0.15, 0.2) is 24.3 Å². The summed E-state index contributed by atoms with van der Waals surface area (Å²) in [6, 6.07) is 6.16. The highest BCUT2D eigenvalue weighted by molar-refractivity contribution is 5.78. The fraction of sp³-hybridized carbons (Fsp3) is 0.500. The number of hydrogen-bond donors (Lipinski definition) is 2. The van der Waals surface area contributed by atoms with Crippen molar-refractivity contribution < 1.29 is 14.6 Å². The molecule has 0 aliphatic rings. The Bertz CT molecular complexity index is 407. The zero-order chi connectivity index (χ0) is 14.3. The van der Waals surface area contributed by atoms with Crippen molar-refractivity contribution in [2.75, 3.05) is 33.8 Å². The van der Waals surface area contributed by atoms with Crippen molar-refractivity contribution in [3.63, 3.8) is 0 Å². The molecule has 5 nitrogen and oxygen atoms in total. The number of nitrogens with zero attached hydrogens (tertiary/aromatic N) is 1. The van der Waals surface area contributed by atoms with Crippen LogP contribution in [0, 0.1) is 0 Å². The number of carbonyl (C=O) groups excluding carboxylic acids is 1. The number of carbonyl (C=O) groups is 1. The molecule has 0 saturated heterocycles. The zero-order valence-electron chi connectivity index (χ0n) is 11.7. The first-order valence-corrected chi connectivity index (χ1v) is 6.39. The van der Waals surface area contributed by atoms with Gasteiger partial charge in [-0.25, -0.2) is 4.79 Å².